The Morgan fingerprint density at radius 3 is 2.50 bits per heavy atom. The van der Waals surface area contributed by atoms with Crippen molar-refractivity contribution in [3.63, 3.8) is 0 Å². The molecule has 0 spiro atoms. The average molecular weight is 502 g/mol. The van der Waals surface area contributed by atoms with Gasteiger partial charge < -0.3 is 10.2 Å². The second kappa shape index (κ2) is 9.58. The molecular formula is C31H31N7. The highest BCUT2D eigenvalue weighted by Crippen LogP contribution is 2.36. The van der Waals surface area contributed by atoms with Crippen molar-refractivity contribution in [1.82, 2.24) is 24.3 Å². The van der Waals surface area contributed by atoms with E-state index in [0.29, 0.717) is 12.1 Å². The van der Waals surface area contributed by atoms with Gasteiger partial charge in [0.15, 0.2) is 0 Å². The van der Waals surface area contributed by atoms with Gasteiger partial charge in [0.05, 0.1) is 5.69 Å². The molecule has 0 aliphatic carbocycles. The van der Waals surface area contributed by atoms with Crippen LogP contribution in [0.1, 0.15) is 30.5 Å². The van der Waals surface area contributed by atoms with Crippen LogP contribution < -0.4 is 10.2 Å². The Labute approximate surface area is 222 Å². The number of hydrogen-bond donors (Lipinski definition) is 1. The van der Waals surface area contributed by atoms with Gasteiger partial charge in [0, 0.05) is 68.0 Å². The van der Waals surface area contributed by atoms with Gasteiger partial charge in [-0.15, -0.1) is 0 Å². The molecule has 7 nitrogen and oxygen atoms in total. The van der Waals surface area contributed by atoms with Crippen LogP contribution in [0, 0.1) is 0 Å². The van der Waals surface area contributed by atoms with Gasteiger partial charge in [-0.1, -0.05) is 60.7 Å². The molecule has 7 heteroatoms. The number of anilines is 2. The molecule has 5 aromatic rings. The van der Waals surface area contributed by atoms with Crippen LogP contribution in [0.2, 0.25) is 0 Å². The minimum atomic E-state index is 0.149. The third-order valence-electron chi connectivity index (χ3n) is 7.93. The quantitative estimate of drug-likeness (QED) is 0.321. The van der Waals surface area contributed by atoms with E-state index in [9.17, 15) is 0 Å². The number of rotatable bonds is 7. The SMILES string of the molecule is CC(Nc1cc(-c2cc3nccn3c(N3CC4CC3CN4Cc3ccccc3)n2)ccn1)c1ccccc1. The van der Waals surface area contributed by atoms with Crippen molar-refractivity contribution in [2.24, 2.45) is 0 Å². The van der Waals surface area contributed by atoms with Crippen LogP contribution in [0.25, 0.3) is 16.9 Å². The van der Waals surface area contributed by atoms with Crippen molar-refractivity contribution in [3.8, 4) is 11.3 Å². The summed E-state index contributed by atoms with van der Waals surface area (Å²) in [5.74, 6) is 1.81. The first-order valence-corrected chi connectivity index (χ1v) is 13.4. The van der Waals surface area contributed by atoms with Crippen LogP contribution in [0.5, 0.6) is 0 Å². The van der Waals surface area contributed by atoms with E-state index in [-0.39, 0.29) is 6.04 Å². The smallest absolute Gasteiger partial charge is 0.212 e. The Kier molecular flexibility index (Phi) is 5.78. The van der Waals surface area contributed by atoms with Crippen LogP contribution >= 0.6 is 0 Å². The highest BCUT2D eigenvalue weighted by molar-refractivity contribution is 5.68. The zero-order valence-corrected chi connectivity index (χ0v) is 21.5. The van der Waals surface area contributed by atoms with Crippen LogP contribution in [0.15, 0.2) is 97.5 Å². The fourth-order valence-corrected chi connectivity index (χ4v) is 5.98. The van der Waals surface area contributed by atoms with Gasteiger partial charge in [0.2, 0.25) is 5.95 Å². The molecule has 7 rings (SSSR count). The fraction of sp³-hybridized carbons (Fsp3) is 0.258. The van der Waals surface area contributed by atoms with Crippen LogP contribution in [0.3, 0.4) is 0 Å². The summed E-state index contributed by atoms with van der Waals surface area (Å²) in [7, 11) is 0. The van der Waals surface area contributed by atoms with Crippen molar-refractivity contribution >= 4 is 17.4 Å². The summed E-state index contributed by atoms with van der Waals surface area (Å²) in [6, 6.07) is 28.6. The van der Waals surface area contributed by atoms with Crippen LogP contribution in [-0.2, 0) is 6.54 Å². The molecule has 2 fully saturated rings. The maximum atomic E-state index is 5.21. The summed E-state index contributed by atoms with van der Waals surface area (Å²) < 4.78 is 2.13. The number of benzene rings is 2. The fourth-order valence-electron chi connectivity index (χ4n) is 5.98. The van der Waals surface area contributed by atoms with E-state index >= 15 is 0 Å². The molecule has 190 valence electrons. The normalized spacial score (nSPS) is 19.8. The Balaban J connectivity index is 1.15. The molecule has 3 unspecified atom stereocenters. The van der Waals surface area contributed by atoms with Crippen molar-refractivity contribution in [1.29, 1.82) is 0 Å². The molecule has 5 heterocycles. The van der Waals surface area contributed by atoms with E-state index in [1.165, 1.54) is 17.5 Å². The summed E-state index contributed by atoms with van der Waals surface area (Å²) in [6.07, 6.45) is 6.92. The number of imidazole rings is 1. The lowest BCUT2D eigenvalue weighted by molar-refractivity contribution is 0.229. The zero-order chi connectivity index (χ0) is 25.5. The minimum Gasteiger partial charge on any atom is -0.364 e. The summed E-state index contributed by atoms with van der Waals surface area (Å²) in [5, 5.41) is 3.54. The van der Waals surface area contributed by atoms with Crippen molar-refractivity contribution < 1.29 is 0 Å². The standard InChI is InChI=1S/C31H31N7/c1-22(24-10-6-3-7-11-24)34-29-16-25(12-13-32-29)28-18-30-33-14-15-37(30)31(35-28)38-21-26-17-27(38)20-36(26)19-23-8-4-2-5-9-23/h2-16,18,22,26-27H,17,19-21H2,1H3,(H,32,34). The average Bonchev–Trinajstić information content (AvgIpc) is 3.70. The van der Waals surface area contributed by atoms with E-state index in [1.54, 1.807) is 0 Å². The van der Waals surface area contributed by atoms with Gasteiger partial charge in [-0.25, -0.2) is 15.0 Å². The number of hydrogen-bond acceptors (Lipinski definition) is 6. The second-order valence-electron chi connectivity index (χ2n) is 10.4. The number of likely N-dealkylation sites (tertiary alicyclic amines) is 1. The Hall–Kier alpha value is -4.23. The van der Waals surface area contributed by atoms with E-state index in [4.69, 9.17) is 4.98 Å². The maximum Gasteiger partial charge on any atom is 0.212 e. The first kappa shape index (κ1) is 22.9. The van der Waals surface area contributed by atoms with E-state index in [2.05, 4.69) is 103 Å². The number of aromatic nitrogens is 4. The van der Waals surface area contributed by atoms with Gasteiger partial charge in [-0.3, -0.25) is 9.30 Å². The number of piperazine rings is 1. The Morgan fingerprint density at radius 2 is 1.71 bits per heavy atom. The van der Waals surface area contributed by atoms with E-state index in [1.807, 2.05) is 30.7 Å². The molecule has 3 aromatic heterocycles. The van der Waals surface area contributed by atoms with Crippen molar-refractivity contribution in [2.75, 3.05) is 23.3 Å². The number of pyridine rings is 1. The summed E-state index contributed by atoms with van der Waals surface area (Å²) in [6.45, 7) is 5.21. The lowest BCUT2D eigenvalue weighted by Crippen LogP contribution is -2.46. The second-order valence-corrected chi connectivity index (χ2v) is 10.4. The number of nitrogens with zero attached hydrogens (tertiary/aromatic N) is 6. The lowest BCUT2D eigenvalue weighted by Gasteiger charge is -2.35. The lowest BCUT2D eigenvalue weighted by atomic mass is 10.1. The number of fused-ring (bicyclic) bond motifs is 3. The Bertz CT molecular complexity index is 1550. The molecule has 2 saturated heterocycles. The summed E-state index contributed by atoms with van der Waals surface area (Å²) in [5.41, 5.74) is 5.47. The highest BCUT2D eigenvalue weighted by Gasteiger charge is 2.44. The third kappa shape index (κ3) is 4.29. The van der Waals surface area contributed by atoms with Gasteiger partial charge in [-0.05, 0) is 36.6 Å². The van der Waals surface area contributed by atoms with Crippen LogP contribution in [0.4, 0.5) is 11.8 Å². The predicted octanol–water partition coefficient (Wildman–Crippen LogP) is 5.43. The highest BCUT2D eigenvalue weighted by atomic mass is 15.4. The molecule has 2 aliphatic rings. The van der Waals surface area contributed by atoms with Gasteiger partial charge in [0.1, 0.15) is 11.5 Å². The largest absolute Gasteiger partial charge is 0.364 e. The minimum absolute atomic E-state index is 0.149. The van der Waals surface area contributed by atoms with Crippen LogP contribution in [-0.4, -0.2) is 49.4 Å². The first-order chi connectivity index (χ1) is 18.7. The monoisotopic (exact) mass is 501 g/mol. The number of nitrogens with one attached hydrogen (secondary N) is 1. The zero-order valence-electron chi connectivity index (χ0n) is 21.5. The Morgan fingerprint density at radius 1 is 0.895 bits per heavy atom. The molecule has 2 aliphatic heterocycles. The maximum absolute atomic E-state index is 5.21. The van der Waals surface area contributed by atoms with Gasteiger partial charge >= 0.3 is 0 Å². The molecule has 0 saturated carbocycles. The van der Waals surface area contributed by atoms with Gasteiger partial charge in [0.25, 0.3) is 0 Å². The van der Waals surface area contributed by atoms with Crippen molar-refractivity contribution in [3.05, 3.63) is 109 Å². The van der Waals surface area contributed by atoms with E-state index in [0.717, 1.165) is 48.3 Å². The molecular weight excluding hydrogens is 470 g/mol. The first-order valence-electron chi connectivity index (χ1n) is 13.4. The topological polar surface area (TPSA) is 61.6 Å². The van der Waals surface area contributed by atoms with E-state index < -0.39 is 0 Å². The van der Waals surface area contributed by atoms with Gasteiger partial charge in [-0.2, -0.15) is 0 Å². The molecule has 0 radical (unpaired) electrons. The third-order valence-corrected chi connectivity index (χ3v) is 7.93. The van der Waals surface area contributed by atoms with Crippen molar-refractivity contribution in [2.45, 2.75) is 38.0 Å². The molecule has 1 N–H and O–H groups in total. The molecule has 0 amide bonds. The molecule has 38 heavy (non-hydrogen) atoms. The molecule has 3 atom stereocenters. The summed E-state index contributed by atoms with van der Waals surface area (Å²) in [4.78, 5) is 19.5. The summed E-state index contributed by atoms with van der Waals surface area (Å²) >= 11 is 0. The molecule has 2 bridgehead atoms. The predicted molar refractivity (Wildman–Crippen MR) is 151 cm³/mol. The molecule has 2 aromatic carbocycles.